The van der Waals surface area contributed by atoms with E-state index in [1.807, 2.05) is 35.7 Å². The van der Waals surface area contributed by atoms with E-state index in [1.54, 1.807) is 23.9 Å². The third-order valence-electron chi connectivity index (χ3n) is 2.51. The molecule has 0 aliphatic rings. The molecule has 0 bridgehead atoms. The van der Waals surface area contributed by atoms with E-state index in [9.17, 15) is 0 Å². The molecule has 84 valence electrons. The van der Waals surface area contributed by atoms with Crippen LogP contribution in [-0.2, 0) is 0 Å². The maximum atomic E-state index is 5.93. The molecule has 3 aromatic rings. The summed E-state index contributed by atoms with van der Waals surface area (Å²) in [6.07, 6.45) is 3.33. The molecule has 2 heterocycles. The first-order valence-corrected chi connectivity index (χ1v) is 6.05. The highest BCUT2D eigenvalue weighted by Crippen LogP contribution is 2.31. The summed E-state index contributed by atoms with van der Waals surface area (Å²) >= 11 is 1.58. The molecule has 0 amide bonds. The van der Waals surface area contributed by atoms with Gasteiger partial charge >= 0.3 is 0 Å². The highest BCUT2D eigenvalue weighted by atomic mass is 32.1. The quantitative estimate of drug-likeness (QED) is 0.698. The summed E-state index contributed by atoms with van der Waals surface area (Å²) < 4.78 is 5.05. The number of aromatic nitrogens is 1. The first-order chi connectivity index (χ1) is 8.34. The predicted octanol–water partition coefficient (Wildman–Crippen LogP) is 3.65. The summed E-state index contributed by atoms with van der Waals surface area (Å²) in [5.41, 5.74) is 9.56. The number of hydrogen-bond acceptors (Lipinski definition) is 4. The van der Waals surface area contributed by atoms with Crippen molar-refractivity contribution in [3.05, 3.63) is 48.2 Å². The number of nitrogen functional groups attached to an aromatic ring is 1. The van der Waals surface area contributed by atoms with Gasteiger partial charge in [0.15, 0.2) is 0 Å². The number of furan rings is 1. The van der Waals surface area contributed by atoms with Gasteiger partial charge in [-0.1, -0.05) is 12.1 Å². The first-order valence-electron chi connectivity index (χ1n) is 5.17. The van der Waals surface area contributed by atoms with Crippen molar-refractivity contribution in [3.63, 3.8) is 0 Å². The van der Waals surface area contributed by atoms with Crippen LogP contribution in [0.15, 0.2) is 52.7 Å². The Hall–Kier alpha value is -2.07. The van der Waals surface area contributed by atoms with Crippen LogP contribution in [0.3, 0.4) is 0 Å². The van der Waals surface area contributed by atoms with Gasteiger partial charge in [0.2, 0.25) is 0 Å². The van der Waals surface area contributed by atoms with Gasteiger partial charge in [0, 0.05) is 22.2 Å². The molecule has 4 heteroatoms. The number of anilines is 1. The van der Waals surface area contributed by atoms with Gasteiger partial charge < -0.3 is 10.2 Å². The van der Waals surface area contributed by atoms with Crippen molar-refractivity contribution in [1.82, 2.24) is 4.98 Å². The van der Waals surface area contributed by atoms with Crippen LogP contribution in [0.4, 0.5) is 5.69 Å². The van der Waals surface area contributed by atoms with Gasteiger partial charge in [0.1, 0.15) is 5.01 Å². The van der Waals surface area contributed by atoms with Gasteiger partial charge in [-0.05, 0) is 18.2 Å². The molecule has 1 aromatic carbocycles. The fourth-order valence-corrected chi connectivity index (χ4v) is 2.51. The van der Waals surface area contributed by atoms with Crippen molar-refractivity contribution in [2.45, 2.75) is 0 Å². The lowest BCUT2D eigenvalue weighted by atomic mass is 10.2. The molecule has 0 aliphatic carbocycles. The SMILES string of the molecule is Nc1ccccc1-c1nc(-c2ccoc2)cs1. The predicted molar refractivity (Wildman–Crippen MR) is 69.7 cm³/mol. The number of hydrogen-bond donors (Lipinski definition) is 1. The maximum absolute atomic E-state index is 5.93. The van der Waals surface area contributed by atoms with Gasteiger partial charge in [-0.3, -0.25) is 0 Å². The van der Waals surface area contributed by atoms with Crippen LogP contribution >= 0.6 is 11.3 Å². The van der Waals surface area contributed by atoms with Gasteiger partial charge in [-0.25, -0.2) is 4.98 Å². The molecule has 17 heavy (non-hydrogen) atoms. The lowest BCUT2D eigenvalue weighted by molar-refractivity contribution is 0.568. The lowest BCUT2D eigenvalue weighted by Crippen LogP contribution is -1.88. The van der Waals surface area contributed by atoms with E-state index in [-0.39, 0.29) is 0 Å². The Morgan fingerprint density at radius 1 is 1.18 bits per heavy atom. The minimum atomic E-state index is 0.751. The van der Waals surface area contributed by atoms with Crippen LogP contribution in [0, 0.1) is 0 Å². The van der Waals surface area contributed by atoms with E-state index in [2.05, 4.69) is 4.98 Å². The summed E-state index contributed by atoms with van der Waals surface area (Å²) in [4.78, 5) is 4.56. The molecule has 0 aliphatic heterocycles. The number of nitrogens with two attached hydrogens (primary N) is 1. The second-order valence-corrected chi connectivity index (χ2v) is 4.50. The molecular formula is C13H10N2OS. The largest absolute Gasteiger partial charge is 0.472 e. The van der Waals surface area contributed by atoms with E-state index in [0.29, 0.717) is 0 Å². The summed E-state index contributed by atoms with van der Waals surface area (Å²) in [5.74, 6) is 0. The zero-order valence-corrected chi connectivity index (χ0v) is 9.78. The molecular weight excluding hydrogens is 232 g/mol. The van der Waals surface area contributed by atoms with Crippen LogP contribution < -0.4 is 5.73 Å². The molecule has 0 fully saturated rings. The van der Waals surface area contributed by atoms with Crippen LogP contribution in [-0.4, -0.2) is 4.98 Å². The van der Waals surface area contributed by atoms with Crippen molar-refractivity contribution in [3.8, 4) is 21.8 Å². The first kappa shape index (κ1) is 10.1. The minimum Gasteiger partial charge on any atom is -0.472 e. The summed E-state index contributed by atoms with van der Waals surface area (Å²) in [5, 5.41) is 2.94. The van der Waals surface area contributed by atoms with E-state index < -0.39 is 0 Å². The Bertz CT molecular complexity index is 628. The number of rotatable bonds is 2. The molecule has 0 atom stereocenters. The Balaban J connectivity index is 2.04. The highest BCUT2D eigenvalue weighted by Gasteiger charge is 2.09. The highest BCUT2D eigenvalue weighted by molar-refractivity contribution is 7.13. The molecule has 2 aromatic heterocycles. The monoisotopic (exact) mass is 242 g/mol. The molecule has 3 rings (SSSR count). The average molecular weight is 242 g/mol. The summed E-state index contributed by atoms with van der Waals surface area (Å²) in [7, 11) is 0. The van der Waals surface area contributed by atoms with Gasteiger partial charge in [0.05, 0.1) is 18.2 Å². The Kier molecular flexibility index (Phi) is 2.42. The van der Waals surface area contributed by atoms with Crippen LogP contribution in [0.1, 0.15) is 0 Å². The fraction of sp³-hybridized carbons (Fsp3) is 0. The Morgan fingerprint density at radius 2 is 2.06 bits per heavy atom. The van der Waals surface area contributed by atoms with Gasteiger partial charge in [0.25, 0.3) is 0 Å². The second-order valence-electron chi connectivity index (χ2n) is 3.64. The summed E-state index contributed by atoms with van der Waals surface area (Å²) in [6, 6.07) is 9.64. The minimum absolute atomic E-state index is 0.751. The van der Waals surface area contributed by atoms with Gasteiger partial charge in [-0.2, -0.15) is 0 Å². The van der Waals surface area contributed by atoms with Crippen molar-refractivity contribution in [1.29, 1.82) is 0 Å². The zero-order chi connectivity index (χ0) is 11.7. The Morgan fingerprint density at radius 3 is 2.82 bits per heavy atom. The van der Waals surface area contributed by atoms with Crippen molar-refractivity contribution < 1.29 is 4.42 Å². The van der Waals surface area contributed by atoms with Crippen molar-refractivity contribution in [2.24, 2.45) is 0 Å². The number of thiazole rings is 1. The molecule has 0 saturated heterocycles. The number of nitrogens with zero attached hydrogens (tertiary/aromatic N) is 1. The third-order valence-corrected chi connectivity index (χ3v) is 3.39. The van der Waals surface area contributed by atoms with E-state index >= 15 is 0 Å². The molecule has 0 unspecified atom stereocenters. The molecule has 2 N–H and O–H groups in total. The normalized spacial score (nSPS) is 10.6. The number of benzene rings is 1. The maximum Gasteiger partial charge on any atom is 0.126 e. The molecule has 0 spiro atoms. The molecule has 0 radical (unpaired) electrons. The summed E-state index contributed by atoms with van der Waals surface area (Å²) in [6.45, 7) is 0. The average Bonchev–Trinajstić information content (AvgIpc) is 3.00. The standard InChI is InChI=1S/C13H10N2OS/c14-11-4-2-1-3-10(11)13-15-12(8-17-13)9-5-6-16-7-9/h1-8H,14H2. The van der Waals surface area contributed by atoms with Gasteiger partial charge in [-0.15, -0.1) is 11.3 Å². The fourth-order valence-electron chi connectivity index (χ4n) is 1.63. The molecule has 3 nitrogen and oxygen atoms in total. The number of para-hydroxylation sites is 1. The van der Waals surface area contributed by atoms with E-state index in [0.717, 1.165) is 27.5 Å². The lowest BCUT2D eigenvalue weighted by Gasteiger charge is -1.99. The second kappa shape index (κ2) is 4.07. The van der Waals surface area contributed by atoms with Crippen LogP contribution in [0.2, 0.25) is 0 Å². The smallest absolute Gasteiger partial charge is 0.126 e. The molecule has 0 saturated carbocycles. The van der Waals surface area contributed by atoms with Crippen LogP contribution in [0.25, 0.3) is 21.8 Å². The van der Waals surface area contributed by atoms with E-state index in [4.69, 9.17) is 10.2 Å². The van der Waals surface area contributed by atoms with Crippen molar-refractivity contribution in [2.75, 3.05) is 5.73 Å². The van der Waals surface area contributed by atoms with Crippen LogP contribution in [0.5, 0.6) is 0 Å². The van der Waals surface area contributed by atoms with Crippen molar-refractivity contribution >= 4 is 17.0 Å². The zero-order valence-electron chi connectivity index (χ0n) is 8.96. The van der Waals surface area contributed by atoms with E-state index in [1.165, 1.54) is 0 Å². The topological polar surface area (TPSA) is 52.0 Å². The Labute approximate surface area is 103 Å². The third kappa shape index (κ3) is 1.83.